The highest BCUT2D eigenvalue weighted by Crippen LogP contribution is 2.36. The van der Waals surface area contributed by atoms with Gasteiger partial charge in [0.15, 0.2) is 0 Å². The second-order valence-corrected chi connectivity index (χ2v) is 5.43. The average Bonchev–Trinajstić information content (AvgIpc) is 2.71. The summed E-state index contributed by atoms with van der Waals surface area (Å²) < 4.78 is 7.88. The molecular formula is C16H18BrNO2. The quantitative estimate of drug-likeness (QED) is 0.774. The highest BCUT2D eigenvalue weighted by Gasteiger charge is 2.24. The number of rotatable bonds is 4. The van der Waals surface area contributed by atoms with Gasteiger partial charge in [-0.15, -0.1) is 0 Å². The molecule has 0 atom stereocenters. The molecule has 1 heterocycles. The van der Waals surface area contributed by atoms with E-state index in [0.29, 0.717) is 5.56 Å². The zero-order valence-electron chi connectivity index (χ0n) is 11.9. The van der Waals surface area contributed by atoms with Crippen molar-refractivity contribution < 1.29 is 9.53 Å². The van der Waals surface area contributed by atoms with Crippen LogP contribution in [0.3, 0.4) is 0 Å². The fraction of sp³-hybridized carbons (Fsp3) is 0.312. The maximum Gasteiger partial charge on any atom is 0.340 e. The van der Waals surface area contributed by atoms with Crippen LogP contribution in [0.4, 0.5) is 0 Å². The first kappa shape index (κ1) is 14.9. The van der Waals surface area contributed by atoms with Crippen molar-refractivity contribution in [3.05, 3.63) is 46.1 Å². The van der Waals surface area contributed by atoms with Gasteiger partial charge in [-0.05, 0) is 34.8 Å². The van der Waals surface area contributed by atoms with Crippen molar-refractivity contribution in [3.63, 3.8) is 0 Å². The van der Waals surface area contributed by atoms with Gasteiger partial charge in [-0.25, -0.2) is 4.79 Å². The highest BCUT2D eigenvalue weighted by molar-refractivity contribution is 9.10. The topological polar surface area (TPSA) is 31.2 Å². The summed E-state index contributed by atoms with van der Waals surface area (Å²) in [5.74, 6) is -0.304. The van der Waals surface area contributed by atoms with E-state index < -0.39 is 0 Å². The van der Waals surface area contributed by atoms with Crippen LogP contribution in [0.5, 0.6) is 0 Å². The van der Waals surface area contributed by atoms with E-state index in [-0.39, 0.29) is 5.97 Å². The van der Waals surface area contributed by atoms with Gasteiger partial charge in [0.1, 0.15) is 0 Å². The number of hydrogen-bond acceptors (Lipinski definition) is 2. The van der Waals surface area contributed by atoms with Crippen LogP contribution in [0.2, 0.25) is 0 Å². The number of carbonyl (C=O) groups is 1. The molecular weight excluding hydrogens is 318 g/mol. The summed E-state index contributed by atoms with van der Waals surface area (Å²) in [5.41, 5.74) is 3.67. The summed E-state index contributed by atoms with van der Waals surface area (Å²) in [7, 11) is 1.41. The first-order chi connectivity index (χ1) is 9.61. The predicted octanol–water partition coefficient (Wildman–Crippen LogP) is 4.42. The minimum Gasteiger partial charge on any atom is -0.465 e. The van der Waals surface area contributed by atoms with Crippen LogP contribution in [0.25, 0.3) is 11.3 Å². The van der Waals surface area contributed by atoms with Gasteiger partial charge in [-0.3, -0.25) is 0 Å². The van der Waals surface area contributed by atoms with Crippen LogP contribution in [0.1, 0.15) is 29.4 Å². The fourth-order valence-corrected chi connectivity index (χ4v) is 3.31. The van der Waals surface area contributed by atoms with Crippen molar-refractivity contribution in [2.24, 2.45) is 0 Å². The van der Waals surface area contributed by atoms with Crippen molar-refractivity contribution in [3.8, 4) is 11.3 Å². The van der Waals surface area contributed by atoms with Gasteiger partial charge in [0.05, 0.1) is 22.8 Å². The molecule has 0 aliphatic rings. The second-order valence-electron chi connectivity index (χ2n) is 4.63. The zero-order valence-corrected chi connectivity index (χ0v) is 13.5. The van der Waals surface area contributed by atoms with E-state index >= 15 is 0 Å². The van der Waals surface area contributed by atoms with E-state index in [1.807, 2.05) is 37.3 Å². The maximum atomic E-state index is 12.0. The summed E-state index contributed by atoms with van der Waals surface area (Å²) in [6.07, 6.45) is 1.00. The number of carbonyl (C=O) groups excluding carboxylic acids is 1. The van der Waals surface area contributed by atoms with Crippen LogP contribution in [-0.4, -0.2) is 17.6 Å². The Morgan fingerprint density at radius 2 is 1.95 bits per heavy atom. The maximum absolute atomic E-state index is 12.0. The van der Waals surface area contributed by atoms with Gasteiger partial charge in [0, 0.05) is 12.2 Å². The van der Waals surface area contributed by atoms with E-state index in [1.54, 1.807) is 0 Å². The summed E-state index contributed by atoms with van der Waals surface area (Å²) >= 11 is 3.58. The van der Waals surface area contributed by atoms with E-state index in [1.165, 1.54) is 7.11 Å². The molecule has 2 aromatic rings. The van der Waals surface area contributed by atoms with Crippen LogP contribution in [0.15, 0.2) is 34.8 Å². The van der Waals surface area contributed by atoms with Crippen molar-refractivity contribution in [2.45, 2.75) is 26.8 Å². The molecule has 0 unspecified atom stereocenters. The molecule has 0 saturated heterocycles. The van der Waals surface area contributed by atoms with Crippen LogP contribution < -0.4 is 0 Å². The number of esters is 1. The summed E-state index contributed by atoms with van der Waals surface area (Å²) in [6.45, 7) is 4.95. The van der Waals surface area contributed by atoms with E-state index in [0.717, 1.165) is 34.4 Å². The molecule has 2 rings (SSSR count). The third-order valence-corrected chi connectivity index (χ3v) is 4.12. The second kappa shape index (κ2) is 6.27. The normalized spacial score (nSPS) is 10.6. The largest absolute Gasteiger partial charge is 0.465 e. The molecule has 0 spiro atoms. The van der Waals surface area contributed by atoms with Gasteiger partial charge in [-0.1, -0.05) is 37.3 Å². The van der Waals surface area contributed by atoms with Crippen LogP contribution in [0, 0.1) is 6.92 Å². The molecule has 0 radical (unpaired) electrons. The van der Waals surface area contributed by atoms with E-state index in [2.05, 4.69) is 27.4 Å². The van der Waals surface area contributed by atoms with Gasteiger partial charge in [0.2, 0.25) is 0 Å². The predicted molar refractivity (Wildman–Crippen MR) is 83.9 cm³/mol. The molecule has 20 heavy (non-hydrogen) atoms. The van der Waals surface area contributed by atoms with Crippen LogP contribution >= 0.6 is 15.9 Å². The Hall–Kier alpha value is -1.55. The lowest BCUT2D eigenvalue weighted by atomic mass is 10.1. The number of methoxy groups -OCH3 is 1. The lowest BCUT2D eigenvalue weighted by molar-refractivity contribution is 0.0599. The number of benzene rings is 1. The van der Waals surface area contributed by atoms with Gasteiger partial charge >= 0.3 is 5.97 Å². The third kappa shape index (κ3) is 2.52. The Kier molecular flexibility index (Phi) is 4.65. The number of aromatic nitrogens is 1. The minimum absolute atomic E-state index is 0.304. The molecule has 0 aliphatic carbocycles. The van der Waals surface area contributed by atoms with Crippen molar-refractivity contribution in [1.82, 2.24) is 4.57 Å². The number of hydrogen-bond donors (Lipinski definition) is 0. The van der Waals surface area contributed by atoms with Crippen LogP contribution in [-0.2, 0) is 11.3 Å². The van der Waals surface area contributed by atoms with Gasteiger partial charge in [0.25, 0.3) is 0 Å². The number of halogens is 1. The molecule has 0 N–H and O–H groups in total. The van der Waals surface area contributed by atoms with E-state index in [9.17, 15) is 4.79 Å². The molecule has 106 valence electrons. The average molecular weight is 336 g/mol. The molecule has 0 fully saturated rings. The van der Waals surface area contributed by atoms with Crippen molar-refractivity contribution >= 4 is 21.9 Å². The van der Waals surface area contributed by atoms with E-state index in [4.69, 9.17) is 4.74 Å². The summed E-state index contributed by atoms with van der Waals surface area (Å²) in [6, 6.07) is 10.1. The monoisotopic (exact) mass is 335 g/mol. The summed E-state index contributed by atoms with van der Waals surface area (Å²) in [5, 5.41) is 0. The highest BCUT2D eigenvalue weighted by atomic mass is 79.9. The minimum atomic E-state index is -0.304. The Balaban J connectivity index is 2.69. The first-order valence-electron chi connectivity index (χ1n) is 6.64. The lowest BCUT2D eigenvalue weighted by Crippen LogP contribution is -2.06. The zero-order chi connectivity index (χ0) is 14.7. The SMILES string of the molecule is CCCn1c(C)c(C(=O)OC)c(Br)c1-c1ccccc1. The number of ether oxygens (including phenoxy) is 1. The molecule has 0 bridgehead atoms. The smallest absolute Gasteiger partial charge is 0.340 e. The fourth-order valence-electron chi connectivity index (χ4n) is 2.42. The lowest BCUT2D eigenvalue weighted by Gasteiger charge is -2.10. The Labute approximate surface area is 127 Å². The standard InChI is InChI=1S/C16H18BrNO2/c1-4-10-18-11(2)13(16(19)20-3)14(17)15(18)12-8-6-5-7-9-12/h5-9H,4,10H2,1-3H3. The first-order valence-corrected chi connectivity index (χ1v) is 7.43. The Morgan fingerprint density at radius 3 is 2.50 bits per heavy atom. The molecule has 1 aromatic heterocycles. The molecule has 0 saturated carbocycles. The number of nitrogens with zero attached hydrogens (tertiary/aromatic N) is 1. The third-order valence-electron chi connectivity index (χ3n) is 3.35. The van der Waals surface area contributed by atoms with Crippen molar-refractivity contribution in [1.29, 1.82) is 0 Å². The molecule has 0 aliphatic heterocycles. The van der Waals surface area contributed by atoms with Crippen molar-refractivity contribution in [2.75, 3.05) is 7.11 Å². The summed E-state index contributed by atoms with van der Waals surface area (Å²) in [4.78, 5) is 12.0. The molecule has 0 amide bonds. The Morgan fingerprint density at radius 1 is 1.30 bits per heavy atom. The molecule has 1 aromatic carbocycles. The van der Waals surface area contributed by atoms with Gasteiger partial charge < -0.3 is 9.30 Å². The molecule has 3 nitrogen and oxygen atoms in total. The molecule has 4 heteroatoms. The van der Waals surface area contributed by atoms with Gasteiger partial charge in [-0.2, -0.15) is 0 Å². The Bertz CT molecular complexity index is 617.